The molecular weight excluding hydrogens is 336 g/mol. The number of aromatic nitrogens is 1. The number of nitrogens with one attached hydrogen (secondary N) is 1. The Balaban J connectivity index is 2.42. The number of hydrogen-bond acceptors (Lipinski definition) is 6. The van der Waals surface area contributed by atoms with Crippen molar-refractivity contribution in [1.82, 2.24) is 4.98 Å². The number of benzene rings is 1. The van der Waals surface area contributed by atoms with E-state index < -0.39 is 17.8 Å². The lowest BCUT2D eigenvalue weighted by atomic mass is 10.1. The fourth-order valence-corrected chi connectivity index (χ4v) is 2.13. The number of ether oxygens (including phenoxy) is 2. The number of nitrogens with zero attached hydrogens (tertiary/aromatic N) is 1. The first-order chi connectivity index (χ1) is 11.5. The Bertz CT molecular complexity index is 807. The second-order valence-corrected chi connectivity index (χ2v) is 4.90. The van der Waals surface area contributed by atoms with Gasteiger partial charge in [-0.25, -0.2) is 14.6 Å². The van der Waals surface area contributed by atoms with Gasteiger partial charge in [0.05, 0.1) is 36.6 Å². The average Bonchev–Trinajstić information content (AvgIpc) is 2.60. The lowest BCUT2D eigenvalue weighted by molar-refractivity contribution is 0.0587. The van der Waals surface area contributed by atoms with E-state index in [4.69, 9.17) is 11.6 Å². The predicted molar refractivity (Wildman–Crippen MR) is 86.3 cm³/mol. The first-order valence-electron chi connectivity index (χ1n) is 6.70. The number of rotatable bonds is 4. The van der Waals surface area contributed by atoms with E-state index in [1.165, 1.54) is 44.7 Å². The highest BCUT2D eigenvalue weighted by Gasteiger charge is 2.19. The Morgan fingerprint density at radius 2 is 1.75 bits per heavy atom. The highest BCUT2D eigenvalue weighted by Crippen LogP contribution is 2.22. The first-order valence-corrected chi connectivity index (χ1v) is 7.08. The maximum absolute atomic E-state index is 12.3. The number of pyridine rings is 1. The standard InChI is InChI=1S/C16H13ClN2O5/c1-23-15(21)9-5-6-10(16(22)24-2)12(8-9)19-14(20)11-4-3-7-18-13(11)17/h3-8H,1-2H3,(H,19,20). The monoisotopic (exact) mass is 348 g/mol. The molecule has 0 spiro atoms. The van der Waals surface area contributed by atoms with E-state index in [1.54, 1.807) is 6.07 Å². The van der Waals surface area contributed by atoms with Crippen molar-refractivity contribution in [3.05, 3.63) is 58.4 Å². The van der Waals surface area contributed by atoms with Crippen LogP contribution in [0.5, 0.6) is 0 Å². The summed E-state index contributed by atoms with van der Waals surface area (Å²) in [4.78, 5) is 39.6. The molecule has 2 rings (SSSR count). The molecule has 1 aromatic heterocycles. The van der Waals surface area contributed by atoms with Crippen LogP contribution in [0.1, 0.15) is 31.1 Å². The number of carbonyl (C=O) groups excluding carboxylic acids is 3. The molecule has 8 heteroatoms. The molecule has 124 valence electrons. The SMILES string of the molecule is COC(=O)c1ccc(C(=O)OC)c(NC(=O)c2cccnc2Cl)c1. The van der Waals surface area contributed by atoms with Crippen LogP contribution in [0.25, 0.3) is 0 Å². The Labute approximate surface area is 142 Å². The molecule has 0 aliphatic rings. The van der Waals surface area contributed by atoms with Crippen LogP contribution in [-0.4, -0.2) is 37.0 Å². The van der Waals surface area contributed by atoms with Crippen LogP contribution in [0.3, 0.4) is 0 Å². The van der Waals surface area contributed by atoms with Crippen molar-refractivity contribution in [2.24, 2.45) is 0 Å². The zero-order valence-corrected chi connectivity index (χ0v) is 13.6. The largest absolute Gasteiger partial charge is 0.465 e. The number of amides is 1. The summed E-state index contributed by atoms with van der Waals surface area (Å²) in [6.07, 6.45) is 1.44. The van der Waals surface area contributed by atoms with Gasteiger partial charge in [-0.05, 0) is 30.3 Å². The molecule has 2 aromatic rings. The van der Waals surface area contributed by atoms with E-state index in [9.17, 15) is 14.4 Å². The fraction of sp³-hybridized carbons (Fsp3) is 0.125. The van der Waals surface area contributed by atoms with Gasteiger partial charge in [-0.15, -0.1) is 0 Å². The second-order valence-electron chi connectivity index (χ2n) is 4.54. The summed E-state index contributed by atoms with van der Waals surface area (Å²) >= 11 is 5.88. The number of hydrogen-bond donors (Lipinski definition) is 1. The van der Waals surface area contributed by atoms with Gasteiger partial charge in [0.25, 0.3) is 5.91 Å². The normalized spacial score (nSPS) is 9.96. The van der Waals surface area contributed by atoms with E-state index in [0.29, 0.717) is 0 Å². The Kier molecular flexibility index (Phi) is 5.49. The van der Waals surface area contributed by atoms with Crippen LogP contribution in [0.4, 0.5) is 5.69 Å². The van der Waals surface area contributed by atoms with Crippen molar-refractivity contribution in [3.8, 4) is 0 Å². The third-order valence-electron chi connectivity index (χ3n) is 3.10. The van der Waals surface area contributed by atoms with Crippen LogP contribution in [0, 0.1) is 0 Å². The summed E-state index contributed by atoms with van der Waals surface area (Å²) in [5.41, 5.74) is 0.462. The molecule has 1 N–H and O–H groups in total. The van der Waals surface area contributed by atoms with Gasteiger partial charge in [-0.1, -0.05) is 11.6 Å². The third kappa shape index (κ3) is 3.69. The zero-order valence-electron chi connectivity index (χ0n) is 12.8. The lowest BCUT2D eigenvalue weighted by Gasteiger charge is -2.11. The van der Waals surface area contributed by atoms with Gasteiger partial charge in [0.15, 0.2) is 0 Å². The van der Waals surface area contributed by atoms with Gasteiger partial charge in [-0.3, -0.25) is 4.79 Å². The van der Waals surface area contributed by atoms with Gasteiger partial charge in [0.2, 0.25) is 0 Å². The van der Waals surface area contributed by atoms with E-state index in [2.05, 4.69) is 19.8 Å². The molecule has 1 heterocycles. The van der Waals surface area contributed by atoms with Crippen molar-refractivity contribution in [1.29, 1.82) is 0 Å². The fourth-order valence-electron chi connectivity index (χ4n) is 1.93. The average molecular weight is 349 g/mol. The topological polar surface area (TPSA) is 94.6 Å². The maximum atomic E-state index is 12.3. The summed E-state index contributed by atoms with van der Waals surface area (Å²) in [6, 6.07) is 7.10. The molecular formula is C16H13ClN2O5. The first kappa shape index (κ1) is 17.4. The lowest BCUT2D eigenvalue weighted by Crippen LogP contribution is -2.17. The third-order valence-corrected chi connectivity index (χ3v) is 3.40. The molecule has 0 atom stereocenters. The van der Waals surface area contributed by atoms with E-state index in [0.717, 1.165) is 0 Å². The molecule has 0 aliphatic heterocycles. The Morgan fingerprint density at radius 3 is 2.38 bits per heavy atom. The van der Waals surface area contributed by atoms with Crippen molar-refractivity contribution in [2.75, 3.05) is 19.5 Å². The Morgan fingerprint density at radius 1 is 1.04 bits per heavy atom. The van der Waals surface area contributed by atoms with E-state index in [1.807, 2.05) is 0 Å². The van der Waals surface area contributed by atoms with Crippen LogP contribution >= 0.6 is 11.6 Å². The van der Waals surface area contributed by atoms with E-state index in [-0.39, 0.29) is 27.5 Å². The van der Waals surface area contributed by atoms with Crippen LogP contribution in [-0.2, 0) is 9.47 Å². The quantitative estimate of drug-likeness (QED) is 0.674. The van der Waals surface area contributed by atoms with Crippen molar-refractivity contribution in [2.45, 2.75) is 0 Å². The summed E-state index contributed by atoms with van der Waals surface area (Å²) < 4.78 is 9.30. The molecule has 0 aliphatic carbocycles. The summed E-state index contributed by atoms with van der Waals surface area (Å²) in [5, 5.41) is 2.54. The minimum Gasteiger partial charge on any atom is -0.465 e. The van der Waals surface area contributed by atoms with Crippen LogP contribution < -0.4 is 5.32 Å². The molecule has 0 fully saturated rings. The van der Waals surface area contributed by atoms with Crippen molar-refractivity contribution < 1.29 is 23.9 Å². The number of carbonyl (C=O) groups is 3. The number of halogens is 1. The zero-order chi connectivity index (χ0) is 17.7. The second kappa shape index (κ2) is 7.56. The van der Waals surface area contributed by atoms with Crippen LogP contribution in [0.15, 0.2) is 36.5 Å². The predicted octanol–water partition coefficient (Wildman–Crippen LogP) is 2.56. The molecule has 0 saturated heterocycles. The minimum absolute atomic E-state index is 0.0127. The molecule has 0 saturated carbocycles. The molecule has 1 aromatic carbocycles. The van der Waals surface area contributed by atoms with Gasteiger partial charge in [0, 0.05) is 6.20 Å². The van der Waals surface area contributed by atoms with Gasteiger partial charge >= 0.3 is 11.9 Å². The van der Waals surface area contributed by atoms with Crippen LogP contribution in [0.2, 0.25) is 5.15 Å². The maximum Gasteiger partial charge on any atom is 0.339 e. The highest BCUT2D eigenvalue weighted by molar-refractivity contribution is 6.33. The van der Waals surface area contributed by atoms with E-state index >= 15 is 0 Å². The summed E-state index contributed by atoms with van der Waals surface area (Å²) in [7, 11) is 2.43. The molecule has 1 amide bonds. The molecule has 0 bridgehead atoms. The molecule has 24 heavy (non-hydrogen) atoms. The van der Waals surface area contributed by atoms with Gasteiger partial charge < -0.3 is 14.8 Å². The molecule has 0 radical (unpaired) electrons. The molecule has 0 unspecified atom stereocenters. The highest BCUT2D eigenvalue weighted by atomic mass is 35.5. The Hall–Kier alpha value is -2.93. The van der Waals surface area contributed by atoms with Gasteiger partial charge in [-0.2, -0.15) is 0 Å². The number of esters is 2. The summed E-state index contributed by atoms with van der Waals surface area (Å²) in [5.74, 6) is -1.86. The number of anilines is 1. The molecule has 7 nitrogen and oxygen atoms in total. The number of methoxy groups -OCH3 is 2. The van der Waals surface area contributed by atoms with Gasteiger partial charge in [0.1, 0.15) is 5.15 Å². The summed E-state index contributed by atoms with van der Waals surface area (Å²) in [6.45, 7) is 0. The smallest absolute Gasteiger partial charge is 0.339 e. The van der Waals surface area contributed by atoms with Crippen molar-refractivity contribution >= 4 is 35.1 Å². The minimum atomic E-state index is -0.668. The van der Waals surface area contributed by atoms with Crippen molar-refractivity contribution in [3.63, 3.8) is 0 Å².